The zero-order valence-electron chi connectivity index (χ0n) is 5.99. The number of hydrogen-bond donors (Lipinski definition) is 0. The molecule has 10 heavy (non-hydrogen) atoms. The van der Waals surface area contributed by atoms with Crippen LogP contribution >= 0.6 is 0 Å². The van der Waals surface area contributed by atoms with Gasteiger partial charge in [-0.25, -0.2) is 0 Å². The third-order valence-electron chi connectivity index (χ3n) is 1.32. The van der Waals surface area contributed by atoms with E-state index in [0.29, 0.717) is 0 Å². The molecule has 1 aliphatic heterocycles. The molecule has 1 rings (SSSR count). The van der Waals surface area contributed by atoms with E-state index < -0.39 is 0 Å². The van der Waals surface area contributed by atoms with Gasteiger partial charge in [-0.15, -0.1) is 0 Å². The van der Waals surface area contributed by atoms with Crippen LogP contribution in [0.2, 0.25) is 0 Å². The second-order valence-electron chi connectivity index (χ2n) is 2.05. The summed E-state index contributed by atoms with van der Waals surface area (Å²) < 4.78 is 0. The molecular formula is C8H10N2. The number of nitrogens with zero attached hydrogens (tertiary/aromatic N) is 2. The normalized spacial score (nSPS) is 20.1. The maximum atomic E-state index is 3.67. The molecule has 0 atom stereocenters. The predicted molar refractivity (Wildman–Crippen MR) is 43.7 cm³/mol. The van der Waals surface area contributed by atoms with Crippen molar-refractivity contribution in [3.05, 3.63) is 36.3 Å². The number of likely N-dealkylation sites (N-methyl/N-ethyl adjacent to an activating group) is 1. The van der Waals surface area contributed by atoms with E-state index in [4.69, 9.17) is 0 Å². The lowest BCUT2D eigenvalue weighted by atomic mass is 10.3. The molecule has 0 amide bonds. The van der Waals surface area contributed by atoms with E-state index >= 15 is 0 Å². The maximum Gasteiger partial charge on any atom is 0.0589 e. The fraction of sp³-hybridized carbons (Fsp3) is 0.125. The van der Waals surface area contributed by atoms with Crippen LogP contribution in [0.5, 0.6) is 0 Å². The molecular weight excluding hydrogens is 124 g/mol. The Bertz CT molecular complexity index is 211. The summed E-state index contributed by atoms with van der Waals surface area (Å²) in [5, 5.41) is 0. The molecule has 0 aromatic heterocycles. The molecule has 1 heterocycles. The largest absolute Gasteiger partial charge is 0.350 e. The molecule has 0 saturated carbocycles. The van der Waals surface area contributed by atoms with Crippen LogP contribution < -0.4 is 0 Å². The fourth-order valence-corrected chi connectivity index (χ4v) is 0.764. The Balaban J connectivity index is 2.79. The molecule has 1 aliphatic rings. The summed E-state index contributed by atoms with van der Waals surface area (Å²) in [4.78, 5) is 5.65. The molecule has 0 spiro atoms. The summed E-state index contributed by atoms with van der Waals surface area (Å²) in [5.41, 5.74) is 1.05. The number of hydrogen-bond acceptors (Lipinski definition) is 2. The molecule has 0 aliphatic carbocycles. The molecule has 2 nitrogen and oxygen atoms in total. The van der Waals surface area contributed by atoms with Gasteiger partial charge in [0.15, 0.2) is 0 Å². The summed E-state index contributed by atoms with van der Waals surface area (Å²) in [6.07, 6.45) is 9.61. The average Bonchev–Trinajstić information content (AvgIpc) is 1.94. The van der Waals surface area contributed by atoms with Gasteiger partial charge in [0, 0.05) is 19.4 Å². The van der Waals surface area contributed by atoms with Gasteiger partial charge in [0.2, 0.25) is 0 Å². The SMILES string of the molecule is C=N/C=C1/C=CC=CN1C. The summed E-state index contributed by atoms with van der Waals surface area (Å²) in [5.74, 6) is 0. The Morgan fingerprint density at radius 2 is 2.40 bits per heavy atom. The van der Waals surface area contributed by atoms with Crippen LogP contribution in [0.15, 0.2) is 41.3 Å². The molecule has 0 aromatic rings. The van der Waals surface area contributed by atoms with Gasteiger partial charge in [-0.05, 0) is 18.9 Å². The van der Waals surface area contributed by atoms with Crippen molar-refractivity contribution in [3.63, 3.8) is 0 Å². The first-order valence-electron chi connectivity index (χ1n) is 3.08. The minimum Gasteiger partial charge on any atom is -0.350 e. The van der Waals surface area contributed by atoms with E-state index in [0.717, 1.165) is 5.70 Å². The predicted octanol–water partition coefficient (Wildman–Crippen LogP) is 1.54. The second-order valence-corrected chi connectivity index (χ2v) is 2.05. The van der Waals surface area contributed by atoms with Crippen molar-refractivity contribution in [3.8, 4) is 0 Å². The molecule has 0 saturated heterocycles. The van der Waals surface area contributed by atoms with E-state index in [9.17, 15) is 0 Å². The van der Waals surface area contributed by atoms with Crippen LogP contribution in [-0.4, -0.2) is 18.7 Å². The van der Waals surface area contributed by atoms with Crippen LogP contribution in [0.3, 0.4) is 0 Å². The third kappa shape index (κ3) is 1.35. The lowest BCUT2D eigenvalue weighted by Gasteiger charge is -2.16. The molecule has 52 valence electrons. The van der Waals surface area contributed by atoms with Gasteiger partial charge in [0.25, 0.3) is 0 Å². The highest BCUT2D eigenvalue weighted by atomic mass is 15.1. The van der Waals surface area contributed by atoms with Crippen molar-refractivity contribution in [2.45, 2.75) is 0 Å². The topological polar surface area (TPSA) is 15.6 Å². The van der Waals surface area contributed by atoms with Crippen LogP contribution in [0.1, 0.15) is 0 Å². The van der Waals surface area contributed by atoms with Gasteiger partial charge in [-0.3, -0.25) is 4.99 Å². The summed E-state index contributed by atoms with van der Waals surface area (Å²) >= 11 is 0. The highest BCUT2D eigenvalue weighted by Crippen LogP contribution is 2.08. The number of allylic oxidation sites excluding steroid dienone is 3. The van der Waals surface area contributed by atoms with Crippen LogP contribution in [0.4, 0.5) is 0 Å². The van der Waals surface area contributed by atoms with Crippen molar-refractivity contribution >= 4 is 6.72 Å². The molecule has 0 bridgehead atoms. The lowest BCUT2D eigenvalue weighted by molar-refractivity contribution is 0.582. The first kappa shape index (κ1) is 6.81. The smallest absolute Gasteiger partial charge is 0.0589 e. The second kappa shape index (κ2) is 3.01. The van der Waals surface area contributed by atoms with Gasteiger partial charge >= 0.3 is 0 Å². The van der Waals surface area contributed by atoms with Crippen LogP contribution in [-0.2, 0) is 0 Å². The molecule has 0 fully saturated rings. The number of aliphatic imine (C=N–C) groups is 1. The van der Waals surface area contributed by atoms with Gasteiger partial charge in [0.05, 0.1) is 5.70 Å². The van der Waals surface area contributed by atoms with Gasteiger partial charge < -0.3 is 4.90 Å². The Kier molecular flexibility index (Phi) is 2.05. The van der Waals surface area contributed by atoms with Crippen molar-refractivity contribution in [2.24, 2.45) is 4.99 Å². The first-order valence-corrected chi connectivity index (χ1v) is 3.08. The Hall–Kier alpha value is -1.31. The van der Waals surface area contributed by atoms with Crippen molar-refractivity contribution in [1.82, 2.24) is 4.90 Å². The molecule has 0 N–H and O–H groups in total. The van der Waals surface area contributed by atoms with E-state index in [-0.39, 0.29) is 0 Å². The number of rotatable bonds is 1. The van der Waals surface area contributed by atoms with E-state index in [1.807, 2.05) is 36.4 Å². The fourth-order valence-electron chi connectivity index (χ4n) is 0.764. The van der Waals surface area contributed by atoms with Crippen molar-refractivity contribution < 1.29 is 0 Å². The van der Waals surface area contributed by atoms with E-state index in [2.05, 4.69) is 11.7 Å². The minimum absolute atomic E-state index is 1.05. The molecule has 2 heteroatoms. The average molecular weight is 134 g/mol. The maximum absolute atomic E-state index is 3.67. The zero-order valence-corrected chi connectivity index (χ0v) is 5.99. The Labute approximate surface area is 60.9 Å². The third-order valence-corrected chi connectivity index (χ3v) is 1.32. The highest BCUT2D eigenvalue weighted by Gasteiger charge is 1.97. The van der Waals surface area contributed by atoms with Crippen molar-refractivity contribution in [1.29, 1.82) is 0 Å². The van der Waals surface area contributed by atoms with E-state index in [1.165, 1.54) is 0 Å². The minimum atomic E-state index is 1.05. The molecule has 0 radical (unpaired) electrons. The van der Waals surface area contributed by atoms with E-state index in [1.54, 1.807) is 6.20 Å². The first-order chi connectivity index (χ1) is 4.84. The summed E-state index contributed by atoms with van der Waals surface area (Å²) in [6.45, 7) is 3.38. The monoisotopic (exact) mass is 134 g/mol. The van der Waals surface area contributed by atoms with Gasteiger partial charge in [-0.1, -0.05) is 6.08 Å². The zero-order chi connectivity index (χ0) is 7.40. The Morgan fingerprint density at radius 3 is 3.00 bits per heavy atom. The van der Waals surface area contributed by atoms with Crippen LogP contribution in [0.25, 0.3) is 0 Å². The Morgan fingerprint density at radius 1 is 1.60 bits per heavy atom. The van der Waals surface area contributed by atoms with Gasteiger partial charge in [0.1, 0.15) is 0 Å². The molecule has 0 aromatic carbocycles. The lowest BCUT2D eigenvalue weighted by Crippen LogP contribution is -2.09. The van der Waals surface area contributed by atoms with Gasteiger partial charge in [-0.2, -0.15) is 0 Å². The molecule has 0 unspecified atom stereocenters. The summed E-state index contributed by atoms with van der Waals surface area (Å²) in [6, 6.07) is 0. The van der Waals surface area contributed by atoms with Crippen molar-refractivity contribution in [2.75, 3.05) is 7.05 Å². The highest BCUT2D eigenvalue weighted by molar-refractivity contribution is 5.31. The quantitative estimate of drug-likeness (QED) is 0.497. The standard InChI is InChI=1S/C8H10N2/c1-9-7-8-5-3-4-6-10(8)2/h3-7H,1H2,2H3/b8-7-. The van der Waals surface area contributed by atoms with Crippen LogP contribution in [0, 0.1) is 0 Å². The summed E-state index contributed by atoms with van der Waals surface area (Å²) in [7, 11) is 1.97.